The van der Waals surface area contributed by atoms with Crippen LogP contribution in [0.3, 0.4) is 0 Å². The van der Waals surface area contributed by atoms with Crippen LogP contribution in [0.15, 0.2) is 0 Å². The molecule has 0 saturated carbocycles. The second-order valence-electron chi connectivity index (χ2n) is 1.58. The minimum absolute atomic E-state index is 0.130. The molecule has 0 bridgehead atoms. The zero-order chi connectivity index (χ0) is 8.20. The highest BCUT2D eigenvalue weighted by atomic mass is 32.2. The summed E-state index contributed by atoms with van der Waals surface area (Å²) in [5, 5.41) is 8.33. The van der Waals surface area contributed by atoms with Crippen molar-refractivity contribution in [2.75, 3.05) is 13.2 Å². The van der Waals surface area contributed by atoms with Crippen molar-refractivity contribution in [1.82, 2.24) is 0 Å². The summed E-state index contributed by atoms with van der Waals surface area (Å²) in [5.74, 6) is 0. The standard InChI is InChI=1S/C4H10O5S/c1-2-9-4(3-5)10(6,7)8/h4-5H,2-3H2,1H3,(H,6,7,8). The number of hydrogen-bond donors (Lipinski definition) is 2. The van der Waals surface area contributed by atoms with E-state index in [1.54, 1.807) is 6.92 Å². The molecule has 0 aromatic rings. The van der Waals surface area contributed by atoms with Crippen LogP contribution in [0.2, 0.25) is 0 Å². The predicted molar refractivity (Wildman–Crippen MR) is 34.0 cm³/mol. The number of ether oxygens (including phenoxy) is 1. The number of hydrogen-bond acceptors (Lipinski definition) is 4. The first-order chi connectivity index (χ1) is 4.52. The third-order valence-corrected chi connectivity index (χ3v) is 1.78. The third-order valence-electron chi connectivity index (χ3n) is 0.834. The molecular weight excluding hydrogens is 160 g/mol. The van der Waals surface area contributed by atoms with Crippen molar-refractivity contribution >= 4 is 10.1 Å². The number of aliphatic hydroxyl groups excluding tert-OH is 1. The molecule has 0 radical (unpaired) electrons. The lowest BCUT2D eigenvalue weighted by Crippen LogP contribution is -2.27. The molecule has 0 saturated heterocycles. The van der Waals surface area contributed by atoms with Gasteiger partial charge in [-0.25, -0.2) is 0 Å². The quantitative estimate of drug-likeness (QED) is 0.541. The van der Waals surface area contributed by atoms with Crippen LogP contribution < -0.4 is 0 Å². The molecule has 1 unspecified atom stereocenters. The Hall–Kier alpha value is -0.170. The van der Waals surface area contributed by atoms with Gasteiger partial charge in [0.2, 0.25) is 5.44 Å². The fourth-order valence-electron chi connectivity index (χ4n) is 0.419. The molecule has 0 fully saturated rings. The van der Waals surface area contributed by atoms with Crippen molar-refractivity contribution in [2.45, 2.75) is 12.4 Å². The molecule has 0 amide bonds. The van der Waals surface area contributed by atoms with Gasteiger partial charge < -0.3 is 9.84 Å². The van der Waals surface area contributed by atoms with Crippen molar-refractivity contribution in [1.29, 1.82) is 0 Å². The van der Waals surface area contributed by atoms with E-state index in [9.17, 15) is 8.42 Å². The Morgan fingerprint density at radius 1 is 1.60 bits per heavy atom. The molecule has 2 N–H and O–H groups in total. The SMILES string of the molecule is CCOC(CO)S(=O)(=O)O. The Morgan fingerprint density at radius 3 is 2.20 bits per heavy atom. The van der Waals surface area contributed by atoms with Crippen molar-refractivity contribution in [2.24, 2.45) is 0 Å². The highest BCUT2D eigenvalue weighted by Crippen LogP contribution is 1.98. The van der Waals surface area contributed by atoms with Gasteiger partial charge in [-0.15, -0.1) is 0 Å². The first-order valence-electron chi connectivity index (χ1n) is 2.71. The molecule has 1 atom stereocenters. The molecule has 0 aliphatic heterocycles. The largest absolute Gasteiger partial charge is 0.392 e. The van der Waals surface area contributed by atoms with Gasteiger partial charge in [-0.05, 0) is 6.92 Å². The minimum Gasteiger partial charge on any atom is -0.392 e. The zero-order valence-electron chi connectivity index (χ0n) is 5.52. The molecule has 6 heteroatoms. The van der Waals surface area contributed by atoms with Crippen LogP contribution in [0.1, 0.15) is 6.92 Å². The summed E-state index contributed by atoms with van der Waals surface area (Å²) < 4.78 is 33.2. The summed E-state index contributed by atoms with van der Waals surface area (Å²) in [5.41, 5.74) is -1.50. The van der Waals surface area contributed by atoms with E-state index in [-0.39, 0.29) is 6.61 Å². The highest BCUT2D eigenvalue weighted by molar-refractivity contribution is 7.86. The van der Waals surface area contributed by atoms with Gasteiger partial charge in [-0.3, -0.25) is 4.55 Å². The van der Waals surface area contributed by atoms with E-state index in [0.717, 1.165) is 0 Å². The smallest absolute Gasteiger partial charge is 0.294 e. The number of rotatable bonds is 4. The van der Waals surface area contributed by atoms with E-state index in [1.807, 2.05) is 0 Å². The summed E-state index contributed by atoms with van der Waals surface area (Å²) >= 11 is 0. The lowest BCUT2D eigenvalue weighted by Gasteiger charge is -2.09. The molecule has 0 aliphatic rings. The van der Waals surface area contributed by atoms with Crippen LogP contribution in [0, 0.1) is 0 Å². The van der Waals surface area contributed by atoms with Crippen molar-refractivity contribution in [3.8, 4) is 0 Å². The topological polar surface area (TPSA) is 83.8 Å². The maximum atomic E-state index is 10.2. The molecule has 0 aromatic carbocycles. The lowest BCUT2D eigenvalue weighted by atomic mass is 10.7. The van der Waals surface area contributed by atoms with Gasteiger partial charge in [-0.2, -0.15) is 8.42 Å². The molecule has 0 aromatic heterocycles. The second kappa shape index (κ2) is 3.87. The average molecular weight is 170 g/mol. The van der Waals surface area contributed by atoms with Crippen LogP contribution >= 0.6 is 0 Å². The van der Waals surface area contributed by atoms with Gasteiger partial charge in [0, 0.05) is 6.61 Å². The molecule has 5 nitrogen and oxygen atoms in total. The molecule has 0 aliphatic carbocycles. The van der Waals surface area contributed by atoms with E-state index in [2.05, 4.69) is 4.74 Å². The van der Waals surface area contributed by atoms with Crippen molar-refractivity contribution < 1.29 is 22.8 Å². The van der Waals surface area contributed by atoms with Gasteiger partial charge in [0.15, 0.2) is 0 Å². The van der Waals surface area contributed by atoms with Gasteiger partial charge in [0.25, 0.3) is 10.1 Å². The Labute approximate surface area is 59.4 Å². The van der Waals surface area contributed by atoms with E-state index < -0.39 is 22.2 Å². The van der Waals surface area contributed by atoms with E-state index in [4.69, 9.17) is 9.66 Å². The Bertz CT molecular complexity index is 172. The van der Waals surface area contributed by atoms with Gasteiger partial charge in [0.1, 0.15) is 0 Å². The normalized spacial score (nSPS) is 15.1. The van der Waals surface area contributed by atoms with Crippen LogP contribution in [-0.4, -0.2) is 36.7 Å². The number of aliphatic hydroxyl groups is 1. The maximum absolute atomic E-state index is 10.2. The second-order valence-corrected chi connectivity index (χ2v) is 3.14. The van der Waals surface area contributed by atoms with E-state index in [1.165, 1.54) is 0 Å². The minimum atomic E-state index is -4.25. The maximum Gasteiger partial charge on any atom is 0.294 e. The summed E-state index contributed by atoms with van der Waals surface area (Å²) in [6, 6.07) is 0. The fourth-order valence-corrected chi connectivity index (χ4v) is 0.915. The van der Waals surface area contributed by atoms with Crippen molar-refractivity contribution in [3.63, 3.8) is 0 Å². The Morgan fingerprint density at radius 2 is 2.10 bits per heavy atom. The first-order valence-corrected chi connectivity index (χ1v) is 4.21. The van der Waals surface area contributed by atoms with Gasteiger partial charge in [-0.1, -0.05) is 0 Å². The molecule has 0 rings (SSSR count). The molecular formula is C4H10O5S. The first kappa shape index (κ1) is 9.83. The molecule has 0 heterocycles. The van der Waals surface area contributed by atoms with Crippen LogP contribution in [0.25, 0.3) is 0 Å². The summed E-state index contributed by atoms with van der Waals surface area (Å²) in [6.07, 6.45) is 0. The Kier molecular flexibility index (Phi) is 3.80. The van der Waals surface area contributed by atoms with E-state index >= 15 is 0 Å². The summed E-state index contributed by atoms with van der Waals surface area (Å²) in [7, 11) is -4.25. The lowest BCUT2D eigenvalue weighted by molar-refractivity contribution is 0.0651. The summed E-state index contributed by atoms with van der Waals surface area (Å²) in [6.45, 7) is 0.964. The van der Waals surface area contributed by atoms with Gasteiger partial charge >= 0.3 is 0 Å². The summed E-state index contributed by atoms with van der Waals surface area (Å²) in [4.78, 5) is 0. The highest BCUT2D eigenvalue weighted by Gasteiger charge is 2.21. The average Bonchev–Trinajstić information content (AvgIpc) is 1.80. The Balaban J connectivity index is 4.08. The zero-order valence-corrected chi connectivity index (χ0v) is 6.34. The predicted octanol–water partition coefficient (Wildman–Crippen LogP) is -0.771. The van der Waals surface area contributed by atoms with Crippen LogP contribution in [-0.2, 0) is 14.9 Å². The van der Waals surface area contributed by atoms with Crippen molar-refractivity contribution in [3.05, 3.63) is 0 Å². The molecule has 62 valence electrons. The van der Waals surface area contributed by atoms with Crippen LogP contribution in [0.4, 0.5) is 0 Å². The fraction of sp³-hybridized carbons (Fsp3) is 1.00. The molecule has 0 spiro atoms. The third kappa shape index (κ3) is 3.11. The van der Waals surface area contributed by atoms with E-state index in [0.29, 0.717) is 0 Å². The van der Waals surface area contributed by atoms with Crippen LogP contribution in [0.5, 0.6) is 0 Å². The monoisotopic (exact) mass is 170 g/mol. The molecule has 10 heavy (non-hydrogen) atoms. The van der Waals surface area contributed by atoms with Gasteiger partial charge in [0.05, 0.1) is 6.61 Å².